The highest BCUT2D eigenvalue weighted by Gasteiger charge is 2.19. The Hall–Kier alpha value is -2.34. The van der Waals surface area contributed by atoms with Gasteiger partial charge in [0.15, 0.2) is 0 Å². The second-order valence-electron chi connectivity index (χ2n) is 3.94. The summed E-state index contributed by atoms with van der Waals surface area (Å²) in [6.07, 6.45) is -1.68. The van der Waals surface area contributed by atoms with Gasteiger partial charge in [-0.15, -0.1) is 0 Å². The molecule has 0 aromatic heterocycles. The molecule has 1 aromatic carbocycles. The van der Waals surface area contributed by atoms with Crippen LogP contribution in [0.5, 0.6) is 0 Å². The minimum Gasteiger partial charge on any atom is -0.446 e. The number of amides is 1. The molecule has 1 aromatic rings. The minimum atomic E-state index is -4.32. The number of hydrogen-bond acceptors (Lipinski definition) is 5. The second-order valence-corrected chi connectivity index (χ2v) is 5.35. The molecule has 108 valence electrons. The number of nitriles is 1. The molecular formula is C11H12FN3O4S. The van der Waals surface area contributed by atoms with Crippen molar-refractivity contribution >= 4 is 22.0 Å². The van der Waals surface area contributed by atoms with Gasteiger partial charge in [0.2, 0.25) is 0 Å². The average molecular weight is 301 g/mol. The van der Waals surface area contributed by atoms with E-state index in [0.29, 0.717) is 0 Å². The molecule has 0 fully saturated rings. The summed E-state index contributed by atoms with van der Waals surface area (Å²) in [4.78, 5) is 11.2. The first-order chi connectivity index (χ1) is 9.25. The van der Waals surface area contributed by atoms with Crippen LogP contribution in [-0.2, 0) is 14.9 Å². The van der Waals surface area contributed by atoms with Crippen LogP contribution in [0, 0.1) is 17.1 Å². The van der Waals surface area contributed by atoms with E-state index >= 15 is 0 Å². The number of carbonyl (C=O) groups excluding carboxylic acids is 1. The van der Waals surface area contributed by atoms with Crippen molar-refractivity contribution in [2.24, 2.45) is 0 Å². The summed E-state index contributed by atoms with van der Waals surface area (Å²) in [7, 11) is -4.32. The third-order valence-corrected chi connectivity index (χ3v) is 2.85. The molecule has 1 amide bonds. The van der Waals surface area contributed by atoms with Crippen LogP contribution >= 0.6 is 0 Å². The van der Waals surface area contributed by atoms with E-state index in [1.807, 2.05) is 4.72 Å². The minimum absolute atomic E-state index is 0.280. The average Bonchev–Trinajstić information content (AvgIpc) is 2.26. The number of ether oxygens (including phenoxy) is 1. The van der Waals surface area contributed by atoms with E-state index in [0.717, 1.165) is 6.07 Å². The highest BCUT2D eigenvalue weighted by Crippen LogP contribution is 2.18. The quantitative estimate of drug-likeness (QED) is 0.875. The van der Waals surface area contributed by atoms with Crippen molar-refractivity contribution in [2.45, 2.75) is 20.0 Å². The molecule has 20 heavy (non-hydrogen) atoms. The fraction of sp³-hybridized carbons (Fsp3) is 0.273. The number of benzene rings is 1. The van der Waals surface area contributed by atoms with E-state index in [-0.39, 0.29) is 5.69 Å². The SMILES string of the molecule is CC(C)OC(=O)NS(=O)(=O)Nc1cccc(F)c1C#N. The summed E-state index contributed by atoms with van der Waals surface area (Å²) in [5.74, 6) is -0.877. The van der Waals surface area contributed by atoms with Gasteiger partial charge in [0, 0.05) is 0 Å². The van der Waals surface area contributed by atoms with Crippen molar-refractivity contribution in [2.75, 3.05) is 4.72 Å². The Labute approximate surface area is 115 Å². The summed E-state index contributed by atoms with van der Waals surface area (Å²) < 4.78 is 44.6. The molecule has 0 bridgehead atoms. The Morgan fingerprint density at radius 3 is 2.65 bits per heavy atom. The van der Waals surface area contributed by atoms with E-state index in [4.69, 9.17) is 5.26 Å². The molecule has 0 saturated carbocycles. The van der Waals surface area contributed by atoms with Gasteiger partial charge in [-0.05, 0) is 26.0 Å². The van der Waals surface area contributed by atoms with E-state index in [2.05, 4.69) is 4.74 Å². The van der Waals surface area contributed by atoms with Gasteiger partial charge in [-0.25, -0.2) is 13.9 Å². The van der Waals surface area contributed by atoms with Crippen LogP contribution in [0.3, 0.4) is 0 Å². The lowest BCUT2D eigenvalue weighted by Crippen LogP contribution is -2.37. The first-order valence-electron chi connectivity index (χ1n) is 5.45. The molecule has 0 unspecified atom stereocenters. The normalized spacial score (nSPS) is 10.8. The first kappa shape index (κ1) is 15.7. The van der Waals surface area contributed by atoms with Crippen molar-refractivity contribution in [1.82, 2.24) is 4.72 Å². The van der Waals surface area contributed by atoms with E-state index in [1.165, 1.54) is 18.2 Å². The summed E-state index contributed by atoms with van der Waals surface area (Å²) in [6, 6.07) is 4.95. The first-order valence-corrected chi connectivity index (χ1v) is 6.93. The summed E-state index contributed by atoms with van der Waals surface area (Å²) in [5.41, 5.74) is -0.757. The Morgan fingerprint density at radius 1 is 1.45 bits per heavy atom. The number of nitrogens with zero attached hydrogens (tertiary/aromatic N) is 1. The molecule has 7 nitrogen and oxygen atoms in total. The van der Waals surface area contributed by atoms with Gasteiger partial charge in [-0.2, -0.15) is 13.7 Å². The van der Waals surface area contributed by atoms with Gasteiger partial charge in [0.05, 0.1) is 11.8 Å². The maximum absolute atomic E-state index is 13.3. The Bertz CT molecular complexity index is 652. The molecule has 0 atom stereocenters. The molecule has 9 heteroatoms. The van der Waals surface area contributed by atoms with Crippen LogP contribution in [0.4, 0.5) is 14.9 Å². The smallest absolute Gasteiger partial charge is 0.422 e. The van der Waals surface area contributed by atoms with Crippen molar-refractivity contribution < 1.29 is 22.3 Å². The second kappa shape index (κ2) is 6.21. The largest absolute Gasteiger partial charge is 0.446 e. The number of anilines is 1. The molecule has 2 N–H and O–H groups in total. The van der Waals surface area contributed by atoms with Crippen molar-refractivity contribution in [3.8, 4) is 6.07 Å². The van der Waals surface area contributed by atoms with Gasteiger partial charge in [0.1, 0.15) is 17.4 Å². The lowest BCUT2D eigenvalue weighted by atomic mass is 10.2. The van der Waals surface area contributed by atoms with Gasteiger partial charge >= 0.3 is 16.3 Å². The fourth-order valence-electron chi connectivity index (χ4n) is 1.24. The lowest BCUT2D eigenvalue weighted by Gasteiger charge is -2.12. The Kier molecular flexibility index (Phi) is 4.88. The van der Waals surface area contributed by atoms with Gasteiger partial charge in [-0.3, -0.25) is 4.72 Å². The van der Waals surface area contributed by atoms with Gasteiger partial charge in [-0.1, -0.05) is 6.07 Å². The highest BCUT2D eigenvalue weighted by atomic mass is 32.2. The zero-order chi connectivity index (χ0) is 15.3. The molecule has 0 heterocycles. The maximum Gasteiger partial charge on any atom is 0.422 e. The van der Waals surface area contributed by atoms with Crippen molar-refractivity contribution in [3.63, 3.8) is 0 Å². The molecule has 0 aliphatic rings. The number of nitrogens with one attached hydrogen (secondary N) is 2. The highest BCUT2D eigenvalue weighted by molar-refractivity contribution is 7.91. The predicted molar refractivity (Wildman–Crippen MR) is 68.4 cm³/mol. The number of carbonyl (C=O) groups is 1. The van der Waals surface area contributed by atoms with Crippen LogP contribution < -0.4 is 9.44 Å². The summed E-state index contributed by atoms with van der Waals surface area (Å²) in [5, 5.41) is 8.76. The maximum atomic E-state index is 13.3. The van der Waals surface area contributed by atoms with Crippen LogP contribution in [0.15, 0.2) is 18.2 Å². The summed E-state index contributed by atoms with van der Waals surface area (Å²) >= 11 is 0. The topological polar surface area (TPSA) is 108 Å². The van der Waals surface area contributed by atoms with Gasteiger partial charge < -0.3 is 4.74 Å². The van der Waals surface area contributed by atoms with Crippen LogP contribution in [0.1, 0.15) is 19.4 Å². The van der Waals surface area contributed by atoms with E-state index < -0.39 is 33.8 Å². The monoisotopic (exact) mass is 301 g/mol. The third kappa shape index (κ3) is 4.40. The zero-order valence-electron chi connectivity index (χ0n) is 10.7. The molecule has 0 aliphatic heterocycles. The van der Waals surface area contributed by atoms with Crippen LogP contribution in [0.2, 0.25) is 0 Å². The lowest BCUT2D eigenvalue weighted by molar-refractivity contribution is 0.121. The molecular weight excluding hydrogens is 289 g/mol. The summed E-state index contributed by atoms with van der Waals surface area (Å²) in [6.45, 7) is 3.08. The molecule has 0 saturated heterocycles. The third-order valence-electron chi connectivity index (χ3n) is 1.93. The number of hydrogen-bond donors (Lipinski definition) is 2. The zero-order valence-corrected chi connectivity index (χ0v) is 11.5. The fourth-order valence-corrected chi connectivity index (χ4v) is 2.02. The molecule has 0 aliphatic carbocycles. The van der Waals surface area contributed by atoms with Crippen molar-refractivity contribution in [1.29, 1.82) is 5.26 Å². The van der Waals surface area contributed by atoms with Gasteiger partial charge in [0.25, 0.3) is 0 Å². The van der Waals surface area contributed by atoms with E-state index in [9.17, 15) is 17.6 Å². The molecule has 0 radical (unpaired) electrons. The standard InChI is InChI=1S/C11H12FN3O4S/c1-7(2)19-11(16)15-20(17,18)14-10-5-3-4-9(12)8(10)6-13/h3-5,7,14H,1-2H3,(H,15,16). The molecule has 0 spiro atoms. The van der Waals surface area contributed by atoms with Crippen LogP contribution in [0.25, 0.3) is 0 Å². The Morgan fingerprint density at radius 2 is 2.10 bits per heavy atom. The molecule has 1 rings (SSSR count). The van der Waals surface area contributed by atoms with E-state index in [1.54, 1.807) is 18.6 Å². The van der Waals surface area contributed by atoms with Crippen LogP contribution in [-0.4, -0.2) is 20.6 Å². The predicted octanol–water partition coefficient (Wildman–Crippen LogP) is 1.49. The number of halogens is 1. The number of rotatable bonds is 4. The van der Waals surface area contributed by atoms with Crippen molar-refractivity contribution in [3.05, 3.63) is 29.6 Å². The Balaban J connectivity index is 2.90.